The Morgan fingerprint density at radius 1 is 0.972 bits per heavy atom. The van der Waals surface area contributed by atoms with Gasteiger partial charge in [0.15, 0.2) is 6.79 Å². The first-order valence-corrected chi connectivity index (χ1v) is 14.7. The number of halogens is 2. The molecule has 4 saturated carbocycles. The number of carbonyl (C=O) groups excluding carboxylic acids is 2. The maximum absolute atomic E-state index is 13.8. The molecule has 0 heterocycles. The smallest absolute Gasteiger partial charge is 0.457 e. The average molecular weight is 537 g/mol. The summed E-state index contributed by atoms with van der Waals surface area (Å²) in [5.74, 6) is -1.54. The third-order valence-electron chi connectivity index (χ3n) is 9.05. The molecule has 36 heavy (non-hydrogen) atoms. The monoisotopic (exact) mass is 536 g/mol. The van der Waals surface area contributed by atoms with Crippen molar-refractivity contribution in [1.82, 2.24) is 0 Å². The van der Waals surface area contributed by atoms with E-state index >= 15 is 0 Å². The molecule has 7 atom stereocenters. The molecule has 4 aliphatic carbocycles. The van der Waals surface area contributed by atoms with Crippen LogP contribution in [0.2, 0.25) is 0 Å². The van der Waals surface area contributed by atoms with E-state index in [0.29, 0.717) is 44.6 Å². The van der Waals surface area contributed by atoms with Crippen LogP contribution < -0.4 is 0 Å². The summed E-state index contributed by atoms with van der Waals surface area (Å²) in [6, 6.07) is 0. The summed E-state index contributed by atoms with van der Waals surface area (Å²) in [7, 11) is -5.94. The number of hydrogen-bond acceptors (Lipinski definition) is 7. The molecule has 4 rings (SSSR count). The Hall–Kier alpha value is -1.33. The van der Waals surface area contributed by atoms with E-state index < -0.39 is 39.3 Å². The van der Waals surface area contributed by atoms with E-state index in [-0.39, 0.29) is 24.5 Å². The Morgan fingerprint density at radius 3 is 2.28 bits per heavy atom. The Morgan fingerprint density at radius 2 is 1.64 bits per heavy atom. The highest BCUT2D eigenvalue weighted by molar-refractivity contribution is 7.87. The average Bonchev–Trinajstić information content (AvgIpc) is 2.82. The van der Waals surface area contributed by atoms with Crippen LogP contribution in [0.1, 0.15) is 77.6 Å². The zero-order chi connectivity index (χ0) is 26.1. The van der Waals surface area contributed by atoms with Crippen molar-refractivity contribution in [2.24, 2.45) is 41.4 Å². The van der Waals surface area contributed by atoms with Gasteiger partial charge in [-0.3, -0.25) is 9.35 Å². The summed E-state index contributed by atoms with van der Waals surface area (Å²) in [6.07, 6.45) is 9.26. The SMILES string of the molecule is CCC1C(C(=O)OCOCC2CC3CCCC(C3)C2)CC2CCC(OC(=O)C(F)(F)S(=O)(=O)O)C1C2. The highest BCUT2D eigenvalue weighted by Gasteiger charge is 2.56. The van der Waals surface area contributed by atoms with Gasteiger partial charge in [0.25, 0.3) is 0 Å². The number of esters is 2. The maximum atomic E-state index is 13.8. The zero-order valence-corrected chi connectivity index (χ0v) is 21.6. The van der Waals surface area contributed by atoms with Crippen molar-refractivity contribution in [2.75, 3.05) is 13.4 Å². The molecule has 206 valence electrons. The molecule has 4 aliphatic rings. The van der Waals surface area contributed by atoms with Crippen LogP contribution in [0.3, 0.4) is 0 Å². The van der Waals surface area contributed by atoms with E-state index in [9.17, 15) is 26.8 Å². The topological polar surface area (TPSA) is 116 Å². The minimum absolute atomic E-state index is 0.119. The first kappa shape index (κ1) is 27.7. The molecule has 4 fully saturated rings. The number of alkyl halides is 2. The normalized spacial score (nSPS) is 36.7. The Balaban J connectivity index is 1.30. The zero-order valence-electron chi connectivity index (χ0n) is 20.8. The number of rotatable bonds is 9. The van der Waals surface area contributed by atoms with Gasteiger partial charge in [0, 0.05) is 0 Å². The lowest BCUT2D eigenvalue weighted by atomic mass is 9.60. The Kier molecular flexibility index (Phi) is 8.61. The fraction of sp³-hybridized carbons (Fsp3) is 0.920. The molecular formula is C25H38F2O8S. The molecule has 0 aromatic carbocycles. The van der Waals surface area contributed by atoms with Crippen molar-refractivity contribution in [3.8, 4) is 0 Å². The van der Waals surface area contributed by atoms with Gasteiger partial charge in [0.1, 0.15) is 6.10 Å². The van der Waals surface area contributed by atoms with Gasteiger partial charge >= 0.3 is 27.3 Å². The summed E-state index contributed by atoms with van der Waals surface area (Å²) < 4.78 is 74.2. The predicted octanol–water partition coefficient (Wildman–Crippen LogP) is 4.57. The number of fused-ring (bicyclic) bond motifs is 4. The van der Waals surface area contributed by atoms with Gasteiger partial charge in [0.05, 0.1) is 12.5 Å². The lowest BCUT2D eigenvalue weighted by molar-refractivity contribution is -0.182. The predicted molar refractivity (Wildman–Crippen MR) is 124 cm³/mol. The first-order valence-electron chi connectivity index (χ1n) is 13.3. The van der Waals surface area contributed by atoms with Crippen LogP contribution >= 0.6 is 0 Å². The largest absolute Gasteiger partial charge is 0.465 e. The first-order chi connectivity index (χ1) is 17.0. The quantitative estimate of drug-likeness (QED) is 0.197. The lowest BCUT2D eigenvalue weighted by Crippen LogP contribution is -2.49. The molecule has 7 unspecified atom stereocenters. The van der Waals surface area contributed by atoms with Gasteiger partial charge in [0.2, 0.25) is 0 Å². The summed E-state index contributed by atoms with van der Waals surface area (Å²) in [5, 5.41) is -5.03. The maximum Gasteiger partial charge on any atom is 0.465 e. The second-order valence-corrected chi connectivity index (χ2v) is 12.8. The van der Waals surface area contributed by atoms with Gasteiger partial charge in [-0.2, -0.15) is 17.2 Å². The number of hydrogen-bond donors (Lipinski definition) is 1. The molecule has 0 radical (unpaired) electrons. The summed E-state index contributed by atoms with van der Waals surface area (Å²) >= 11 is 0. The Bertz CT molecular complexity index is 898. The molecule has 1 N–H and O–H groups in total. The molecule has 0 aromatic heterocycles. The molecular weight excluding hydrogens is 498 g/mol. The minimum atomic E-state index is -5.94. The van der Waals surface area contributed by atoms with E-state index in [1.165, 1.54) is 38.5 Å². The number of ether oxygens (including phenoxy) is 3. The number of carbonyl (C=O) groups is 2. The third kappa shape index (κ3) is 6.04. The van der Waals surface area contributed by atoms with Crippen molar-refractivity contribution < 1.29 is 45.6 Å². The minimum Gasteiger partial charge on any atom is -0.457 e. The van der Waals surface area contributed by atoms with E-state index in [0.717, 1.165) is 11.8 Å². The van der Waals surface area contributed by atoms with Crippen LogP contribution in [-0.2, 0) is 33.9 Å². The fourth-order valence-corrected chi connectivity index (χ4v) is 7.77. The van der Waals surface area contributed by atoms with Gasteiger partial charge in [-0.1, -0.05) is 32.6 Å². The van der Waals surface area contributed by atoms with E-state index in [1.807, 2.05) is 6.92 Å². The molecule has 0 aliphatic heterocycles. The van der Waals surface area contributed by atoms with Crippen LogP contribution in [0.5, 0.6) is 0 Å². The van der Waals surface area contributed by atoms with Crippen LogP contribution in [0.4, 0.5) is 8.78 Å². The molecule has 11 heteroatoms. The van der Waals surface area contributed by atoms with Crippen molar-refractivity contribution >= 4 is 22.1 Å². The van der Waals surface area contributed by atoms with Gasteiger partial charge < -0.3 is 14.2 Å². The second kappa shape index (κ2) is 11.2. The van der Waals surface area contributed by atoms with Crippen molar-refractivity contribution in [3.63, 3.8) is 0 Å². The molecule has 0 aromatic rings. The van der Waals surface area contributed by atoms with Crippen LogP contribution in [-0.4, -0.2) is 49.7 Å². The van der Waals surface area contributed by atoms with Gasteiger partial charge in [-0.25, -0.2) is 4.79 Å². The van der Waals surface area contributed by atoms with E-state index in [2.05, 4.69) is 0 Å². The summed E-state index contributed by atoms with van der Waals surface area (Å²) in [4.78, 5) is 24.9. The highest BCUT2D eigenvalue weighted by Crippen LogP contribution is 2.49. The van der Waals surface area contributed by atoms with Crippen molar-refractivity contribution in [3.05, 3.63) is 0 Å². The standard InChI is InChI=1S/C25H38F2O8S/c1-2-19-20-11-17(6-7-22(20)35-24(29)25(26,27)36(30,31)32)12-21(19)23(28)34-14-33-13-18-9-15-4-3-5-16(8-15)10-18/h15-22H,2-14H2,1H3,(H,30,31,32). The van der Waals surface area contributed by atoms with Crippen LogP contribution in [0.15, 0.2) is 0 Å². The summed E-state index contributed by atoms with van der Waals surface area (Å²) in [6.45, 7) is 2.33. The third-order valence-corrected chi connectivity index (χ3v) is 9.87. The van der Waals surface area contributed by atoms with Crippen LogP contribution in [0, 0.1) is 41.4 Å². The fourth-order valence-electron chi connectivity index (χ4n) is 7.51. The van der Waals surface area contributed by atoms with E-state index in [1.54, 1.807) is 0 Å². The lowest BCUT2D eigenvalue weighted by Gasteiger charge is -2.47. The van der Waals surface area contributed by atoms with Gasteiger partial charge in [-0.05, 0) is 80.5 Å². The molecule has 8 nitrogen and oxygen atoms in total. The van der Waals surface area contributed by atoms with Crippen molar-refractivity contribution in [1.29, 1.82) is 0 Å². The van der Waals surface area contributed by atoms with Crippen molar-refractivity contribution in [2.45, 2.75) is 88.9 Å². The van der Waals surface area contributed by atoms with E-state index in [4.69, 9.17) is 18.8 Å². The molecule has 0 amide bonds. The molecule has 0 saturated heterocycles. The molecule has 0 spiro atoms. The molecule has 4 bridgehead atoms. The Labute approximate surface area is 211 Å². The highest BCUT2D eigenvalue weighted by atomic mass is 32.2. The summed E-state index contributed by atoms with van der Waals surface area (Å²) in [5.41, 5.74) is 0. The van der Waals surface area contributed by atoms with Crippen LogP contribution in [0.25, 0.3) is 0 Å². The van der Waals surface area contributed by atoms with Gasteiger partial charge in [-0.15, -0.1) is 0 Å². The second-order valence-electron chi connectivity index (χ2n) is 11.4.